The predicted molar refractivity (Wildman–Crippen MR) is 105 cm³/mol. The van der Waals surface area contributed by atoms with Crippen LogP contribution in [0, 0.1) is 0 Å². The molecule has 0 bridgehead atoms. The minimum Gasteiger partial charge on any atom is -0.493 e. The van der Waals surface area contributed by atoms with Crippen LogP contribution in [-0.4, -0.2) is 19.6 Å². The number of anilines is 1. The Hall–Kier alpha value is -2.01. The second-order valence-electron chi connectivity index (χ2n) is 5.63. The van der Waals surface area contributed by atoms with E-state index in [0.29, 0.717) is 25.2 Å². The number of halogens is 1. The van der Waals surface area contributed by atoms with E-state index in [1.54, 1.807) is 7.11 Å². The van der Waals surface area contributed by atoms with Crippen molar-refractivity contribution in [1.29, 1.82) is 0 Å². The largest absolute Gasteiger partial charge is 0.493 e. The SMILES string of the molecule is CCOc1ccc(CCC(=O)Nc2ccc(CC)cc2Br)cc1OC. The summed E-state index contributed by atoms with van der Waals surface area (Å²) in [6.45, 7) is 4.62. The summed E-state index contributed by atoms with van der Waals surface area (Å²) < 4.78 is 11.8. The van der Waals surface area contributed by atoms with Crippen molar-refractivity contribution < 1.29 is 14.3 Å². The Morgan fingerprint density at radius 1 is 1.08 bits per heavy atom. The summed E-state index contributed by atoms with van der Waals surface area (Å²) in [4.78, 5) is 12.2. The fourth-order valence-electron chi connectivity index (χ4n) is 2.49. The number of hydrogen-bond acceptors (Lipinski definition) is 3. The molecule has 0 aromatic heterocycles. The molecule has 0 heterocycles. The zero-order chi connectivity index (χ0) is 18.2. The van der Waals surface area contributed by atoms with Gasteiger partial charge in [-0.15, -0.1) is 0 Å². The topological polar surface area (TPSA) is 47.6 Å². The summed E-state index contributed by atoms with van der Waals surface area (Å²) in [6, 6.07) is 11.8. The van der Waals surface area contributed by atoms with E-state index in [1.165, 1.54) is 5.56 Å². The standard InChI is InChI=1S/C20H24BrNO3/c1-4-14-6-9-17(16(21)12-14)22-20(23)11-8-15-7-10-18(25-5-2)19(13-15)24-3/h6-7,9-10,12-13H,4-5,8,11H2,1-3H3,(H,22,23). The lowest BCUT2D eigenvalue weighted by molar-refractivity contribution is -0.116. The number of aryl methyl sites for hydroxylation is 2. The molecule has 0 aliphatic heterocycles. The molecular weight excluding hydrogens is 382 g/mol. The first-order chi connectivity index (χ1) is 12.1. The van der Waals surface area contributed by atoms with Gasteiger partial charge in [-0.1, -0.05) is 19.1 Å². The van der Waals surface area contributed by atoms with E-state index >= 15 is 0 Å². The number of rotatable bonds is 8. The Balaban J connectivity index is 1.95. The van der Waals surface area contributed by atoms with Gasteiger partial charge in [0, 0.05) is 10.9 Å². The highest BCUT2D eigenvalue weighted by Crippen LogP contribution is 2.29. The molecule has 2 rings (SSSR count). The second kappa shape index (κ2) is 9.47. The van der Waals surface area contributed by atoms with Gasteiger partial charge >= 0.3 is 0 Å². The summed E-state index contributed by atoms with van der Waals surface area (Å²) in [6.07, 6.45) is 2.00. The quantitative estimate of drug-likeness (QED) is 0.672. The fourth-order valence-corrected chi connectivity index (χ4v) is 3.02. The maximum absolute atomic E-state index is 12.2. The van der Waals surface area contributed by atoms with Gasteiger partial charge in [0.2, 0.25) is 5.91 Å². The van der Waals surface area contributed by atoms with Gasteiger partial charge in [0.05, 0.1) is 19.4 Å². The Bertz CT molecular complexity index is 731. The maximum atomic E-state index is 12.2. The maximum Gasteiger partial charge on any atom is 0.224 e. The molecule has 0 saturated carbocycles. The number of amides is 1. The third-order valence-corrected chi connectivity index (χ3v) is 4.54. The van der Waals surface area contributed by atoms with Gasteiger partial charge in [-0.2, -0.15) is 0 Å². The van der Waals surface area contributed by atoms with Gasteiger partial charge in [0.15, 0.2) is 11.5 Å². The molecule has 2 aromatic rings. The van der Waals surface area contributed by atoms with E-state index < -0.39 is 0 Å². The molecule has 1 amide bonds. The van der Waals surface area contributed by atoms with E-state index in [9.17, 15) is 4.79 Å². The molecule has 134 valence electrons. The van der Waals surface area contributed by atoms with Crippen molar-refractivity contribution in [3.8, 4) is 11.5 Å². The van der Waals surface area contributed by atoms with Crippen molar-refractivity contribution >= 4 is 27.5 Å². The summed E-state index contributed by atoms with van der Waals surface area (Å²) in [5, 5.41) is 2.95. The molecular formula is C20H24BrNO3. The molecule has 0 aliphatic rings. The molecule has 0 atom stereocenters. The monoisotopic (exact) mass is 405 g/mol. The molecule has 4 nitrogen and oxygen atoms in total. The van der Waals surface area contributed by atoms with Gasteiger partial charge < -0.3 is 14.8 Å². The Kier molecular flexibility index (Phi) is 7.31. The first kappa shape index (κ1) is 19.3. The first-order valence-corrected chi connectivity index (χ1v) is 9.24. The van der Waals surface area contributed by atoms with Crippen molar-refractivity contribution in [1.82, 2.24) is 0 Å². The van der Waals surface area contributed by atoms with Crippen LogP contribution < -0.4 is 14.8 Å². The third kappa shape index (κ3) is 5.49. The summed E-state index contributed by atoms with van der Waals surface area (Å²) in [5.74, 6) is 1.40. The van der Waals surface area contributed by atoms with Gasteiger partial charge in [-0.25, -0.2) is 0 Å². The molecule has 0 saturated heterocycles. The van der Waals surface area contributed by atoms with Crippen molar-refractivity contribution in [2.75, 3.05) is 19.0 Å². The molecule has 0 radical (unpaired) electrons. The van der Waals surface area contributed by atoms with Gasteiger partial charge in [0.25, 0.3) is 0 Å². The number of benzene rings is 2. The number of nitrogens with one attached hydrogen (secondary N) is 1. The van der Waals surface area contributed by atoms with Crippen LogP contribution in [0.5, 0.6) is 11.5 Å². The molecule has 5 heteroatoms. The highest BCUT2D eigenvalue weighted by molar-refractivity contribution is 9.10. The van der Waals surface area contributed by atoms with E-state index in [-0.39, 0.29) is 5.91 Å². The number of carbonyl (C=O) groups excluding carboxylic acids is 1. The molecule has 0 unspecified atom stereocenters. The fraction of sp³-hybridized carbons (Fsp3) is 0.350. The number of methoxy groups -OCH3 is 1. The van der Waals surface area contributed by atoms with Crippen LogP contribution in [0.1, 0.15) is 31.4 Å². The van der Waals surface area contributed by atoms with Gasteiger partial charge in [0.1, 0.15) is 0 Å². The van der Waals surface area contributed by atoms with E-state index in [4.69, 9.17) is 9.47 Å². The van der Waals surface area contributed by atoms with Crippen LogP contribution >= 0.6 is 15.9 Å². The van der Waals surface area contributed by atoms with Gasteiger partial charge in [-0.3, -0.25) is 4.79 Å². The lowest BCUT2D eigenvalue weighted by atomic mass is 10.1. The van der Waals surface area contributed by atoms with Crippen molar-refractivity contribution in [3.05, 3.63) is 52.0 Å². The number of ether oxygens (including phenoxy) is 2. The average Bonchev–Trinajstić information content (AvgIpc) is 2.62. The molecule has 1 N–H and O–H groups in total. The normalized spacial score (nSPS) is 10.4. The lowest BCUT2D eigenvalue weighted by Gasteiger charge is -2.11. The van der Waals surface area contributed by atoms with E-state index in [1.807, 2.05) is 43.3 Å². The lowest BCUT2D eigenvalue weighted by Crippen LogP contribution is -2.13. The minimum atomic E-state index is -0.0159. The average molecular weight is 406 g/mol. The second-order valence-corrected chi connectivity index (χ2v) is 6.49. The van der Waals surface area contributed by atoms with Crippen LogP contribution in [0.2, 0.25) is 0 Å². The zero-order valence-electron chi connectivity index (χ0n) is 14.9. The van der Waals surface area contributed by atoms with E-state index in [2.05, 4.69) is 28.2 Å². The van der Waals surface area contributed by atoms with E-state index in [0.717, 1.165) is 27.9 Å². The summed E-state index contributed by atoms with van der Waals surface area (Å²) >= 11 is 3.51. The van der Waals surface area contributed by atoms with Gasteiger partial charge in [-0.05, 0) is 71.1 Å². The predicted octanol–water partition coefficient (Wildman–Crippen LogP) is 4.99. The van der Waals surface area contributed by atoms with Crippen LogP contribution in [-0.2, 0) is 17.6 Å². The van der Waals surface area contributed by atoms with Crippen LogP contribution in [0.4, 0.5) is 5.69 Å². The van der Waals surface area contributed by atoms with Crippen LogP contribution in [0.3, 0.4) is 0 Å². The summed E-state index contributed by atoms with van der Waals surface area (Å²) in [5.41, 5.74) is 3.06. The van der Waals surface area contributed by atoms with Crippen LogP contribution in [0.25, 0.3) is 0 Å². The smallest absolute Gasteiger partial charge is 0.224 e. The zero-order valence-corrected chi connectivity index (χ0v) is 16.5. The highest BCUT2D eigenvalue weighted by atomic mass is 79.9. The summed E-state index contributed by atoms with van der Waals surface area (Å²) in [7, 11) is 1.62. The van der Waals surface area contributed by atoms with Crippen LogP contribution in [0.15, 0.2) is 40.9 Å². The van der Waals surface area contributed by atoms with Crippen molar-refractivity contribution in [2.24, 2.45) is 0 Å². The number of carbonyl (C=O) groups is 1. The molecule has 0 aliphatic carbocycles. The molecule has 0 spiro atoms. The molecule has 25 heavy (non-hydrogen) atoms. The Morgan fingerprint density at radius 2 is 1.84 bits per heavy atom. The molecule has 2 aromatic carbocycles. The molecule has 0 fully saturated rings. The minimum absolute atomic E-state index is 0.0159. The Labute approximate surface area is 157 Å². The number of hydrogen-bond donors (Lipinski definition) is 1. The first-order valence-electron chi connectivity index (χ1n) is 8.45. The van der Waals surface area contributed by atoms with Crippen molar-refractivity contribution in [2.45, 2.75) is 33.1 Å². The third-order valence-electron chi connectivity index (χ3n) is 3.88. The highest BCUT2D eigenvalue weighted by Gasteiger charge is 2.09. The Morgan fingerprint density at radius 3 is 2.48 bits per heavy atom. The van der Waals surface area contributed by atoms with Crippen molar-refractivity contribution in [3.63, 3.8) is 0 Å².